The molecule has 0 unspecified atom stereocenters. The highest BCUT2D eigenvalue weighted by atomic mass is 16.2. The largest absolute Gasteiger partial charge is 0.342 e. The van der Waals surface area contributed by atoms with Crippen LogP contribution >= 0.6 is 0 Å². The van der Waals surface area contributed by atoms with Crippen molar-refractivity contribution in [2.24, 2.45) is 5.92 Å². The van der Waals surface area contributed by atoms with Gasteiger partial charge in [-0.2, -0.15) is 0 Å². The van der Waals surface area contributed by atoms with Crippen LogP contribution in [0.2, 0.25) is 0 Å². The van der Waals surface area contributed by atoms with E-state index in [-0.39, 0.29) is 17.7 Å². The van der Waals surface area contributed by atoms with Gasteiger partial charge in [-0.25, -0.2) is 0 Å². The molecule has 1 aromatic heterocycles. The second kappa shape index (κ2) is 7.50. The maximum Gasteiger partial charge on any atom is 0.227 e. The molecule has 1 saturated heterocycles. The van der Waals surface area contributed by atoms with Crippen molar-refractivity contribution in [3.8, 4) is 11.4 Å². The summed E-state index contributed by atoms with van der Waals surface area (Å²) in [4.78, 5) is 28.5. The third-order valence-corrected chi connectivity index (χ3v) is 5.59. The van der Waals surface area contributed by atoms with Crippen molar-refractivity contribution in [1.29, 1.82) is 0 Å². The predicted octanol–water partition coefficient (Wildman–Crippen LogP) is 1.59. The zero-order valence-corrected chi connectivity index (χ0v) is 15.7. The monoisotopic (exact) mass is 367 g/mol. The van der Waals surface area contributed by atoms with Crippen LogP contribution in [0.3, 0.4) is 0 Å². The van der Waals surface area contributed by atoms with Crippen molar-refractivity contribution >= 4 is 11.8 Å². The van der Waals surface area contributed by atoms with Crippen LogP contribution in [0, 0.1) is 5.92 Å². The van der Waals surface area contributed by atoms with Crippen LogP contribution in [0.5, 0.6) is 0 Å². The molecule has 0 aliphatic carbocycles. The maximum absolute atomic E-state index is 13.0. The van der Waals surface area contributed by atoms with Crippen LogP contribution < -0.4 is 0 Å². The maximum atomic E-state index is 13.0. The summed E-state index contributed by atoms with van der Waals surface area (Å²) in [6.07, 6.45) is 2.46. The van der Waals surface area contributed by atoms with Gasteiger partial charge in [-0.05, 0) is 12.8 Å². The molecule has 1 fully saturated rings. The number of fused-ring (bicyclic) bond motifs is 1. The number of aromatic nitrogens is 3. The number of carbonyl (C=O) groups excluding carboxylic acids is 2. The number of piperidine rings is 1. The molecule has 7 nitrogen and oxygen atoms in total. The van der Waals surface area contributed by atoms with Crippen LogP contribution in [0.1, 0.15) is 25.6 Å². The van der Waals surface area contributed by atoms with Gasteiger partial charge in [-0.3, -0.25) is 9.59 Å². The highest BCUT2D eigenvalue weighted by Crippen LogP contribution is 2.23. The molecule has 2 amide bonds. The van der Waals surface area contributed by atoms with E-state index >= 15 is 0 Å². The van der Waals surface area contributed by atoms with Crippen LogP contribution in [-0.2, 0) is 22.6 Å². The van der Waals surface area contributed by atoms with E-state index < -0.39 is 0 Å². The molecule has 0 N–H and O–H groups in total. The summed E-state index contributed by atoms with van der Waals surface area (Å²) >= 11 is 0. The second-order valence-corrected chi connectivity index (χ2v) is 7.34. The van der Waals surface area contributed by atoms with Gasteiger partial charge < -0.3 is 14.4 Å². The Labute approximate surface area is 159 Å². The number of nitrogens with zero attached hydrogens (tertiary/aromatic N) is 5. The molecule has 2 aliphatic heterocycles. The van der Waals surface area contributed by atoms with E-state index in [2.05, 4.69) is 14.8 Å². The first-order chi connectivity index (χ1) is 13.1. The van der Waals surface area contributed by atoms with Crippen molar-refractivity contribution in [1.82, 2.24) is 24.6 Å². The average Bonchev–Trinajstić information content (AvgIpc) is 2.99. The quantitative estimate of drug-likeness (QED) is 0.808. The lowest BCUT2D eigenvalue weighted by Crippen LogP contribution is -2.46. The molecule has 7 heteroatoms. The van der Waals surface area contributed by atoms with Crippen LogP contribution in [-0.4, -0.2) is 62.6 Å². The number of benzene rings is 1. The molecule has 0 bridgehead atoms. The molecule has 2 aromatic rings. The summed E-state index contributed by atoms with van der Waals surface area (Å²) < 4.78 is 2.13. The Hall–Kier alpha value is -2.70. The molecule has 1 atom stereocenters. The molecular weight excluding hydrogens is 342 g/mol. The van der Waals surface area contributed by atoms with E-state index in [0.717, 1.165) is 36.6 Å². The van der Waals surface area contributed by atoms with Gasteiger partial charge in [-0.15, -0.1) is 10.2 Å². The fraction of sp³-hybridized carbons (Fsp3) is 0.500. The van der Waals surface area contributed by atoms with Crippen LogP contribution in [0.25, 0.3) is 11.4 Å². The molecular formula is C20H25N5O2. The van der Waals surface area contributed by atoms with Crippen molar-refractivity contribution in [2.75, 3.05) is 26.2 Å². The molecule has 0 radical (unpaired) electrons. The first kappa shape index (κ1) is 17.7. The molecule has 3 heterocycles. The third kappa shape index (κ3) is 3.59. The lowest BCUT2D eigenvalue weighted by molar-refractivity contribution is -0.140. The fourth-order valence-corrected chi connectivity index (χ4v) is 4.07. The summed E-state index contributed by atoms with van der Waals surface area (Å²) in [6, 6.07) is 10.0. The zero-order chi connectivity index (χ0) is 18.8. The Morgan fingerprint density at radius 1 is 1.00 bits per heavy atom. The van der Waals surface area contributed by atoms with Gasteiger partial charge in [0.2, 0.25) is 11.8 Å². The third-order valence-electron chi connectivity index (χ3n) is 5.59. The molecule has 142 valence electrons. The molecule has 0 spiro atoms. The molecule has 2 aliphatic rings. The lowest BCUT2D eigenvalue weighted by Gasteiger charge is -2.34. The van der Waals surface area contributed by atoms with E-state index in [1.165, 1.54) is 0 Å². The van der Waals surface area contributed by atoms with Gasteiger partial charge in [0, 0.05) is 51.6 Å². The Balaban J connectivity index is 1.47. The van der Waals surface area contributed by atoms with Crippen molar-refractivity contribution in [3.05, 3.63) is 36.2 Å². The average molecular weight is 367 g/mol. The van der Waals surface area contributed by atoms with Crippen molar-refractivity contribution in [2.45, 2.75) is 32.7 Å². The Morgan fingerprint density at radius 3 is 2.59 bits per heavy atom. The van der Waals surface area contributed by atoms with Gasteiger partial charge in [-0.1, -0.05) is 30.3 Å². The van der Waals surface area contributed by atoms with Crippen molar-refractivity contribution in [3.63, 3.8) is 0 Å². The molecule has 4 rings (SSSR count). The zero-order valence-electron chi connectivity index (χ0n) is 15.7. The first-order valence-electron chi connectivity index (χ1n) is 9.65. The number of hydrogen-bond acceptors (Lipinski definition) is 4. The predicted molar refractivity (Wildman–Crippen MR) is 101 cm³/mol. The summed E-state index contributed by atoms with van der Waals surface area (Å²) in [7, 11) is 0. The number of rotatable bonds is 2. The smallest absolute Gasteiger partial charge is 0.227 e. The summed E-state index contributed by atoms with van der Waals surface area (Å²) in [5.74, 6) is 1.93. The van der Waals surface area contributed by atoms with Gasteiger partial charge in [0.25, 0.3) is 0 Å². The highest BCUT2D eigenvalue weighted by molar-refractivity contribution is 5.81. The van der Waals surface area contributed by atoms with E-state index in [1.54, 1.807) is 11.8 Å². The van der Waals surface area contributed by atoms with Gasteiger partial charge in [0.1, 0.15) is 5.82 Å². The summed E-state index contributed by atoms with van der Waals surface area (Å²) in [5.41, 5.74) is 1.04. The van der Waals surface area contributed by atoms with E-state index in [1.807, 2.05) is 35.2 Å². The number of hydrogen-bond donors (Lipinski definition) is 0. The standard InChI is InChI=1S/C20H25N5O2/c1-15(26)24-10-5-8-17(14-24)20(27)23-11-9-18-21-22-19(25(18)13-12-23)16-6-3-2-4-7-16/h2-4,6-7,17H,5,8-14H2,1H3/t17-/m0/s1. The summed E-state index contributed by atoms with van der Waals surface area (Å²) in [5, 5.41) is 8.72. The van der Waals surface area contributed by atoms with Gasteiger partial charge in [0.15, 0.2) is 5.82 Å². The van der Waals surface area contributed by atoms with E-state index in [0.29, 0.717) is 32.6 Å². The van der Waals surface area contributed by atoms with Gasteiger partial charge >= 0.3 is 0 Å². The topological polar surface area (TPSA) is 71.3 Å². The minimum atomic E-state index is -0.0835. The first-order valence-corrected chi connectivity index (χ1v) is 9.65. The Morgan fingerprint density at radius 2 is 1.81 bits per heavy atom. The second-order valence-electron chi connectivity index (χ2n) is 7.34. The molecule has 27 heavy (non-hydrogen) atoms. The minimum Gasteiger partial charge on any atom is -0.342 e. The normalized spacial score (nSPS) is 20.1. The SMILES string of the molecule is CC(=O)N1CCC[C@H](C(=O)N2CCc3nnc(-c4ccccc4)n3CC2)C1. The molecule has 0 saturated carbocycles. The number of amides is 2. The van der Waals surface area contributed by atoms with E-state index in [9.17, 15) is 9.59 Å². The fourth-order valence-electron chi connectivity index (χ4n) is 4.07. The van der Waals surface area contributed by atoms with E-state index in [4.69, 9.17) is 0 Å². The summed E-state index contributed by atoms with van der Waals surface area (Å²) in [6.45, 7) is 4.90. The van der Waals surface area contributed by atoms with Crippen LogP contribution in [0.4, 0.5) is 0 Å². The Kier molecular flexibility index (Phi) is 4.92. The van der Waals surface area contributed by atoms with Crippen molar-refractivity contribution < 1.29 is 9.59 Å². The number of carbonyl (C=O) groups is 2. The van der Waals surface area contributed by atoms with Crippen LogP contribution in [0.15, 0.2) is 30.3 Å². The molecule has 1 aromatic carbocycles. The lowest BCUT2D eigenvalue weighted by atomic mass is 9.96. The Bertz CT molecular complexity index is 832. The number of likely N-dealkylation sites (tertiary alicyclic amines) is 1. The highest BCUT2D eigenvalue weighted by Gasteiger charge is 2.31. The van der Waals surface area contributed by atoms with Gasteiger partial charge in [0.05, 0.1) is 5.92 Å². The minimum absolute atomic E-state index is 0.0575.